The number of hydrogen-bond acceptors (Lipinski definition) is 5. The van der Waals surface area contributed by atoms with E-state index >= 15 is 0 Å². The summed E-state index contributed by atoms with van der Waals surface area (Å²) in [5.41, 5.74) is 2.10. The number of nitrogens with zero attached hydrogens (tertiary/aromatic N) is 6. The number of rotatable bonds is 4. The Morgan fingerprint density at radius 2 is 2.13 bits per heavy atom. The zero-order valence-electron chi connectivity index (χ0n) is 13.6. The van der Waals surface area contributed by atoms with Gasteiger partial charge in [0.15, 0.2) is 10.8 Å². The standard InChI is InChI=1S/C16H22N6S/c1-12-14-15(20(2)19-12)18-16(23-14)21-9-4-13(5-10-21)6-11-22-8-3-7-17-22/h3,7-8,13H,4-6,9-11H2,1-2H3. The largest absolute Gasteiger partial charge is 0.348 e. The van der Waals surface area contributed by atoms with E-state index in [1.54, 1.807) is 11.3 Å². The number of thiazole rings is 1. The van der Waals surface area contributed by atoms with E-state index in [-0.39, 0.29) is 0 Å². The van der Waals surface area contributed by atoms with Crippen molar-refractivity contribution in [3.8, 4) is 0 Å². The van der Waals surface area contributed by atoms with Crippen molar-refractivity contribution in [1.29, 1.82) is 0 Å². The lowest BCUT2D eigenvalue weighted by molar-refractivity contribution is 0.354. The van der Waals surface area contributed by atoms with Crippen LogP contribution in [0.3, 0.4) is 0 Å². The molecule has 7 heteroatoms. The molecule has 3 aromatic rings. The van der Waals surface area contributed by atoms with Gasteiger partial charge in [0, 0.05) is 39.1 Å². The highest BCUT2D eigenvalue weighted by Gasteiger charge is 2.22. The molecule has 1 saturated heterocycles. The fraction of sp³-hybridized carbons (Fsp3) is 0.562. The van der Waals surface area contributed by atoms with Crippen molar-refractivity contribution in [2.45, 2.75) is 32.7 Å². The van der Waals surface area contributed by atoms with Crippen molar-refractivity contribution in [2.24, 2.45) is 13.0 Å². The van der Waals surface area contributed by atoms with Gasteiger partial charge < -0.3 is 4.90 Å². The smallest absolute Gasteiger partial charge is 0.188 e. The van der Waals surface area contributed by atoms with Gasteiger partial charge >= 0.3 is 0 Å². The summed E-state index contributed by atoms with van der Waals surface area (Å²) in [6.45, 7) is 5.31. The van der Waals surface area contributed by atoms with Crippen molar-refractivity contribution in [3.63, 3.8) is 0 Å². The van der Waals surface area contributed by atoms with Crippen molar-refractivity contribution >= 4 is 26.8 Å². The molecule has 0 bridgehead atoms. The van der Waals surface area contributed by atoms with Gasteiger partial charge in [-0.1, -0.05) is 11.3 Å². The number of anilines is 1. The van der Waals surface area contributed by atoms with Gasteiger partial charge in [0.1, 0.15) is 0 Å². The summed E-state index contributed by atoms with van der Waals surface area (Å²) in [6, 6.07) is 1.99. The quantitative estimate of drug-likeness (QED) is 0.738. The first-order valence-electron chi connectivity index (χ1n) is 8.23. The molecule has 0 saturated carbocycles. The van der Waals surface area contributed by atoms with Crippen LogP contribution >= 0.6 is 11.3 Å². The fourth-order valence-electron chi connectivity index (χ4n) is 3.37. The summed E-state index contributed by atoms with van der Waals surface area (Å²) in [7, 11) is 1.97. The predicted octanol–water partition coefficient (Wildman–Crippen LogP) is 2.84. The maximum Gasteiger partial charge on any atom is 0.188 e. The average molecular weight is 330 g/mol. The van der Waals surface area contributed by atoms with Gasteiger partial charge in [-0.25, -0.2) is 9.67 Å². The van der Waals surface area contributed by atoms with E-state index in [1.165, 1.54) is 24.0 Å². The van der Waals surface area contributed by atoms with Crippen LogP contribution in [0.4, 0.5) is 5.13 Å². The van der Waals surface area contributed by atoms with Gasteiger partial charge in [-0.3, -0.25) is 4.68 Å². The van der Waals surface area contributed by atoms with E-state index in [0.29, 0.717) is 0 Å². The molecule has 0 aliphatic carbocycles. The third-order valence-corrected chi connectivity index (χ3v) is 5.96. The molecule has 0 atom stereocenters. The molecule has 0 aromatic carbocycles. The number of aromatic nitrogens is 5. The zero-order valence-corrected chi connectivity index (χ0v) is 14.5. The molecule has 3 aromatic heterocycles. The van der Waals surface area contributed by atoms with E-state index in [2.05, 4.69) is 22.0 Å². The maximum atomic E-state index is 4.80. The predicted molar refractivity (Wildman–Crippen MR) is 92.9 cm³/mol. The summed E-state index contributed by atoms with van der Waals surface area (Å²) in [4.78, 5) is 7.24. The minimum atomic E-state index is 0.799. The van der Waals surface area contributed by atoms with Crippen molar-refractivity contribution in [1.82, 2.24) is 24.5 Å². The Kier molecular flexibility index (Phi) is 3.80. The minimum absolute atomic E-state index is 0.799. The number of piperidine rings is 1. The lowest BCUT2D eigenvalue weighted by atomic mass is 9.94. The molecule has 0 spiro atoms. The van der Waals surface area contributed by atoms with Crippen molar-refractivity contribution in [3.05, 3.63) is 24.2 Å². The second kappa shape index (κ2) is 5.96. The topological polar surface area (TPSA) is 51.8 Å². The first-order valence-corrected chi connectivity index (χ1v) is 9.05. The lowest BCUT2D eigenvalue weighted by Gasteiger charge is -2.31. The van der Waals surface area contributed by atoms with Crippen LogP contribution in [0.2, 0.25) is 0 Å². The van der Waals surface area contributed by atoms with E-state index in [4.69, 9.17) is 4.98 Å². The Labute approximate surface area is 139 Å². The SMILES string of the molecule is Cc1nn(C)c2nc(N3CCC(CCn4cccn4)CC3)sc12. The first kappa shape index (κ1) is 14.7. The molecule has 122 valence electrons. The summed E-state index contributed by atoms with van der Waals surface area (Å²) >= 11 is 1.78. The number of hydrogen-bond donors (Lipinski definition) is 0. The Bertz CT molecular complexity index is 745. The molecule has 0 unspecified atom stereocenters. The lowest BCUT2D eigenvalue weighted by Crippen LogP contribution is -2.33. The van der Waals surface area contributed by atoms with Crippen molar-refractivity contribution < 1.29 is 0 Å². The summed E-state index contributed by atoms with van der Waals surface area (Å²) in [6.07, 6.45) is 7.61. The van der Waals surface area contributed by atoms with Gasteiger partial charge in [0.05, 0.1) is 10.4 Å². The maximum absolute atomic E-state index is 4.80. The van der Waals surface area contributed by atoms with Crippen LogP contribution in [0.25, 0.3) is 10.3 Å². The average Bonchev–Trinajstić information content (AvgIpc) is 3.27. The van der Waals surface area contributed by atoms with Gasteiger partial charge in [-0.05, 0) is 38.2 Å². The number of fused-ring (bicyclic) bond motifs is 1. The molecule has 6 nitrogen and oxygen atoms in total. The van der Waals surface area contributed by atoms with Crippen LogP contribution in [-0.4, -0.2) is 37.6 Å². The molecule has 4 heterocycles. The van der Waals surface area contributed by atoms with Gasteiger partial charge in [0.2, 0.25) is 0 Å². The minimum Gasteiger partial charge on any atom is -0.348 e. The van der Waals surface area contributed by atoms with E-state index in [1.807, 2.05) is 34.9 Å². The van der Waals surface area contributed by atoms with Crippen LogP contribution < -0.4 is 4.90 Å². The third-order valence-electron chi connectivity index (χ3n) is 4.74. The highest BCUT2D eigenvalue weighted by Crippen LogP contribution is 2.33. The molecule has 1 fully saturated rings. The van der Waals surface area contributed by atoms with E-state index < -0.39 is 0 Å². The highest BCUT2D eigenvalue weighted by atomic mass is 32.1. The molecule has 4 rings (SSSR count). The van der Waals surface area contributed by atoms with E-state index in [0.717, 1.165) is 42.0 Å². The molecule has 1 aliphatic heterocycles. The normalized spacial score (nSPS) is 16.5. The van der Waals surface area contributed by atoms with Crippen LogP contribution in [-0.2, 0) is 13.6 Å². The molecule has 0 N–H and O–H groups in total. The summed E-state index contributed by atoms with van der Waals surface area (Å²) < 4.78 is 5.15. The molecular weight excluding hydrogens is 308 g/mol. The monoisotopic (exact) mass is 330 g/mol. The van der Waals surface area contributed by atoms with Gasteiger partial charge in [0.25, 0.3) is 0 Å². The fourth-order valence-corrected chi connectivity index (χ4v) is 4.45. The van der Waals surface area contributed by atoms with Crippen LogP contribution in [0.5, 0.6) is 0 Å². The van der Waals surface area contributed by atoms with Crippen LogP contribution in [0.15, 0.2) is 18.5 Å². The Morgan fingerprint density at radius 3 is 2.83 bits per heavy atom. The van der Waals surface area contributed by atoms with Crippen LogP contribution in [0.1, 0.15) is 25.0 Å². The van der Waals surface area contributed by atoms with Gasteiger partial charge in [-0.15, -0.1) is 0 Å². The Balaban J connectivity index is 1.37. The molecule has 0 radical (unpaired) electrons. The molecular formula is C16H22N6S. The Hall–Kier alpha value is -1.89. The summed E-state index contributed by atoms with van der Waals surface area (Å²) in [5, 5.41) is 9.88. The van der Waals surface area contributed by atoms with E-state index in [9.17, 15) is 0 Å². The third kappa shape index (κ3) is 2.85. The first-order chi connectivity index (χ1) is 11.2. The number of aryl methyl sites for hydroxylation is 3. The molecule has 1 aliphatic rings. The highest BCUT2D eigenvalue weighted by molar-refractivity contribution is 7.22. The second-order valence-corrected chi connectivity index (χ2v) is 7.32. The van der Waals surface area contributed by atoms with Gasteiger partial charge in [-0.2, -0.15) is 10.2 Å². The zero-order chi connectivity index (χ0) is 15.8. The Morgan fingerprint density at radius 1 is 1.30 bits per heavy atom. The molecule has 0 amide bonds. The van der Waals surface area contributed by atoms with Crippen LogP contribution in [0, 0.1) is 12.8 Å². The van der Waals surface area contributed by atoms with Crippen molar-refractivity contribution in [2.75, 3.05) is 18.0 Å². The molecule has 23 heavy (non-hydrogen) atoms. The second-order valence-electron chi connectivity index (χ2n) is 6.35. The summed E-state index contributed by atoms with van der Waals surface area (Å²) in [5.74, 6) is 0.799.